The van der Waals surface area contributed by atoms with Crippen LogP contribution in [0.3, 0.4) is 0 Å². The summed E-state index contributed by atoms with van der Waals surface area (Å²) < 4.78 is 5.57. The average molecular weight is 279 g/mol. The number of hydrogen-bond donors (Lipinski definition) is 2. The normalized spacial score (nSPS) is 12.0. The number of hydrogen-bond acceptors (Lipinski definition) is 3. The topological polar surface area (TPSA) is 75.6 Å². The molecule has 0 heterocycles. The maximum Gasteiger partial charge on any atom is 0.305 e. The number of carbonyl (C=O) groups excluding carboxylic acids is 1. The average Bonchev–Trinajstić information content (AvgIpc) is 2.38. The van der Waals surface area contributed by atoms with Gasteiger partial charge in [0.15, 0.2) is 6.10 Å². The number of ether oxygens (including phenoxy) is 1. The SMILES string of the molecule is CC(Oc1cccc(C(C)C)c1)C(=O)NCCC(=O)O. The van der Waals surface area contributed by atoms with Gasteiger partial charge in [0, 0.05) is 6.54 Å². The smallest absolute Gasteiger partial charge is 0.305 e. The molecule has 20 heavy (non-hydrogen) atoms. The molecule has 2 N–H and O–H groups in total. The van der Waals surface area contributed by atoms with E-state index in [-0.39, 0.29) is 18.9 Å². The Morgan fingerprint density at radius 1 is 1.30 bits per heavy atom. The van der Waals surface area contributed by atoms with E-state index in [1.807, 2.05) is 18.2 Å². The lowest BCUT2D eigenvalue weighted by Gasteiger charge is -2.15. The molecule has 110 valence electrons. The molecule has 0 fully saturated rings. The molecule has 1 rings (SSSR count). The minimum atomic E-state index is -0.941. The van der Waals surface area contributed by atoms with Crippen LogP contribution in [-0.2, 0) is 9.59 Å². The molecule has 0 aliphatic heterocycles. The first-order valence-corrected chi connectivity index (χ1v) is 6.66. The number of amides is 1. The Hall–Kier alpha value is -2.04. The Morgan fingerprint density at radius 3 is 2.60 bits per heavy atom. The van der Waals surface area contributed by atoms with Crippen molar-refractivity contribution in [2.45, 2.75) is 39.2 Å². The van der Waals surface area contributed by atoms with Gasteiger partial charge in [-0.3, -0.25) is 9.59 Å². The van der Waals surface area contributed by atoms with Crippen molar-refractivity contribution in [1.82, 2.24) is 5.32 Å². The molecule has 0 saturated carbocycles. The zero-order valence-electron chi connectivity index (χ0n) is 12.1. The van der Waals surface area contributed by atoms with E-state index in [1.165, 1.54) is 0 Å². The van der Waals surface area contributed by atoms with E-state index in [0.717, 1.165) is 5.56 Å². The quantitative estimate of drug-likeness (QED) is 0.802. The Kier molecular flexibility index (Phi) is 6.03. The number of carboxylic acids is 1. The first-order chi connectivity index (χ1) is 9.40. The lowest BCUT2D eigenvalue weighted by atomic mass is 10.0. The molecule has 0 spiro atoms. The summed E-state index contributed by atoms with van der Waals surface area (Å²) in [4.78, 5) is 22.1. The third-order valence-corrected chi connectivity index (χ3v) is 2.84. The fourth-order valence-electron chi connectivity index (χ4n) is 1.64. The van der Waals surface area contributed by atoms with Gasteiger partial charge in [0.05, 0.1) is 6.42 Å². The van der Waals surface area contributed by atoms with E-state index in [9.17, 15) is 9.59 Å². The van der Waals surface area contributed by atoms with Crippen LogP contribution in [0.1, 0.15) is 38.7 Å². The minimum Gasteiger partial charge on any atom is -0.481 e. The highest BCUT2D eigenvalue weighted by atomic mass is 16.5. The van der Waals surface area contributed by atoms with Crippen LogP contribution in [0.15, 0.2) is 24.3 Å². The summed E-state index contributed by atoms with van der Waals surface area (Å²) in [6.45, 7) is 5.91. The molecule has 5 nitrogen and oxygen atoms in total. The maximum atomic E-state index is 11.7. The van der Waals surface area contributed by atoms with Crippen molar-refractivity contribution < 1.29 is 19.4 Å². The molecule has 0 saturated heterocycles. The van der Waals surface area contributed by atoms with Crippen molar-refractivity contribution in [3.63, 3.8) is 0 Å². The van der Waals surface area contributed by atoms with Crippen molar-refractivity contribution in [3.05, 3.63) is 29.8 Å². The number of rotatable bonds is 7. The number of aliphatic carboxylic acids is 1. The highest BCUT2D eigenvalue weighted by Crippen LogP contribution is 2.20. The summed E-state index contributed by atoms with van der Waals surface area (Å²) in [5.41, 5.74) is 1.14. The Morgan fingerprint density at radius 2 is 2.00 bits per heavy atom. The standard InChI is InChI=1S/C15H21NO4/c1-10(2)12-5-4-6-13(9-12)20-11(3)15(19)16-8-7-14(17)18/h4-6,9-11H,7-8H2,1-3H3,(H,16,19)(H,17,18). The summed E-state index contributed by atoms with van der Waals surface area (Å²) >= 11 is 0. The zero-order valence-corrected chi connectivity index (χ0v) is 12.1. The number of benzene rings is 1. The van der Waals surface area contributed by atoms with E-state index < -0.39 is 12.1 Å². The van der Waals surface area contributed by atoms with Gasteiger partial charge in [0.1, 0.15) is 5.75 Å². The molecule has 0 aromatic heterocycles. The first-order valence-electron chi connectivity index (χ1n) is 6.66. The van der Waals surface area contributed by atoms with Crippen LogP contribution in [0.4, 0.5) is 0 Å². The predicted octanol–water partition coefficient (Wildman–Crippen LogP) is 2.17. The molecule has 0 aliphatic carbocycles. The molecule has 0 aliphatic rings. The fourth-order valence-corrected chi connectivity index (χ4v) is 1.64. The molecule has 1 aromatic rings. The second-order valence-corrected chi connectivity index (χ2v) is 4.92. The van der Waals surface area contributed by atoms with Gasteiger partial charge in [-0.25, -0.2) is 0 Å². The number of carbonyl (C=O) groups is 2. The third kappa shape index (κ3) is 5.30. The number of nitrogens with one attached hydrogen (secondary N) is 1. The van der Waals surface area contributed by atoms with Gasteiger partial charge in [-0.1, -0.05) is 26.0 Å². The van der Waals surface area contributed by atoms with Crippen LogP contribution >= 0.6 is 0 Å². The van der Waals surface area contributed by atoms with Crippen LogP contribution in [0.2, 0.25) is 0 Å². The molecule has 0 radical (unpaired) electrons. The Balaban J connectivity index is 2.52. The molecule has 1 unspecified atom stereocenters. The van der Waals surface area contributed by atoms with Crippen LogP contribution in [0.5, 0.6) is 5.75 Å². The fraction of sp³-hybridized carbons (Fsp3) is 0.467. The minimum absolute atomic E-state index is 0.0959. The molecule has 1 aromatic carbocycles. The van der Waals surface area contributed by atoms with Crippen molar-refractivity contribution >= 4 is 11.9 Å². The van der Waals surface area contributed by atoms with Crippen LogP contribution in [-0.4, -0.2) is 29.6 Å². The molecule has 1 atom stereocenters. The largest absolute Gasteiger partial charge is 0.481 e. The predicted molar refractivity (Wildman–Crippen MR) is 75.9 cm³/mol. The second-order valence-electron chi connectivity index (χ2n) is 4.92. The first kappa shape index (κ1) is 16.0. The lowest BCUT2D eigenvalue weighted by Crippen LogP contribution is -2.37. The lowest BCUT2D eigenvalue weighted by molar-refractivity contribution is -0.137. The molecule has 0 bridgehead atoms. The summed E-state index contributed by atoms with van der Waals surface area (Å²) in [7, 11) is 0. The van der Waals surface area contributed by atoms with Crippen molar-refractivity contribution in [2.75, 3.05) is 6.54 Å². The van der Waals surface area contributed by atoms with Gasteiger partial charge in [-0.2, -0.15) is 0 Å². The maximum absolute atomic E-state index is 11.7. The summed E-state index contributed by atoms with van der Waals surface area (Å²) in [5, 5.41) is 11.0. The van der Waals surface area contributed by atoms with Crippen LogP contribution in [0, 0.1) is 0 Å². The van der Waals surface area contributed by atoms with E-state index in [2.05, 4.69) is 19.2 Å². The molecule has 5 heteroatoms. The summed E-state index contributed by atoms with van der Waals surface area (Å²) in [6.07, 6.45) is -0.757. The van der Waals surface area contributed by atoms with Gasteiger partial charge >= 0.3 is 5.97 Å². The highest BCUT2D eigenvalue weighted by molar-refractivity contribution is 5.81. The van der Waals surface area contributed by atoms with E-state index in [0.29, 0.717) is 11.7 Å². The van der Waals surface area contributed by atoms with Gasteiger partial charge in [0.25, 0.3) is 5.91 Å². The molecular formula is C15H21NO4. The summed E-state index contributed by atoms with van der Waals surface area (Å²) in [5.74, 6) is -0.236. The number of carboxylic acid groups (broad SMARTS) is 1. The van der Waals surface area contributed by atoms with Crippen molar-refractivity contribution in [2.24, 2.45) is 0 Å². The second kappa shape index (κ2) is 7.53. The Bertz CT molecular complexity index is 471. The van der Waals surface area contributed by atoms with E-state index in [4.69, 9.17) is 9.84 Å². The van der Waals surface area contributed by atoms with Crippen LogP contribution < -0.4 is 10.1 Å². The van der Waals surface area contributed by atoms with Gasteiger partial charge in [0.2, 0.25) is 0 Å². The zero-order chi connectivity index (χ0) is 15.1. The van der Waals surface area contributed by atoms with Gasteiger partial charge in [-0.05, 0) is 30.5 Å². The van der Waals surface area contributed by atoms with Crippen LogP contribution in [0.25, 0.3) is 0 Å². The van der Waals surface area contributed by atoms with Gasteiger partial charge in [-0.15, -0.1) is 0 Å². The molecular weight excluding hydrogens is 258 g/mol. The van der Waals surface area contributed by atoms with Crippen molar-refractivity contribution in [1.29, 1.82) is 0 Å². The van der Waals surface area contributed by atoms with E-state index >= 15 is 0 Å². The summed E-state index contributed by atoms with van der Waals surface area (Å²) in [6, 6.07) is 7.60. The monoisotopic (exact) mass is 279 g/mol. The molecule has 1 amide bonds. The Labute approximate surface area is 118 Å². The van der Waals surface area contributed by atoms with Crippen molar-refractivity contribution in [3.8, 4) is 5.75 Å². The third-order valence-electron chi connectivity index (χ3n) is 2.84. The van der Waals surface area contributed by atoms with E-state index in [1.54, 1.807) is 13.0 Å². The van der Waals surface area contributed by atoms with Gasteiger partial charge < -0.3 is 15.2 Å². The highest BCUT2D eigenvalue weighted by Gasteiger charge is 2.14.